The Labute approximate surface area is 291 Å². The van der Waals surface area contributed by atoms with Gasteiger partial charge in [0.25, 0.3) is 0 Å². The van der Waals surface area contributed by atoms with Crippen molar-refractivity contribution in [1.82, 2.24) is 0 Å². The second kappa shape index (κ2) is 12.5. The molecule has 2 atom stereocenters. The Morgan fingerprint density at radius 1 is 0.562 bits per heavy atom. The minimum atomic E-state index is -0.00119. The van der Waals surface area contributed by atoms with Crippen molar-refractivity contribution in [3.05, 3.63) is 126 Å². The molecule has 2 heterocycles. The first-order valence-corrected chi connectivity index (χ1v) is 18.2. The van der Waals surface area contributed by atoms with Crippen LogP contribution in [0.3, 0.4) is 0 Å². The van der Waals surface area contributed by atoms with Crippen LogP contribution in [0.1, 0.15) is 112 Å². The van der Waals surface area contributed by atoms with Gasteiger partial charge >= 0.3 is 0 Å². The highest BCUT2D eigenvalue weighted by Gasteiger charge is 2.56. The lowest BCUT2D eigenvalue weighted by Crippen LogP contribution is -2.67. The van der Waals surface area contributed by atoms with E-state index in [1.165, 1.54) is 80.6 Å². The molecule has 0 aliphatic carbocycles. The Morgan fingerprint density at radius 3 is 1.54 bits per heavy atom. The molecular weight excluding hydrogens is 579 g/mol. The fraction of sp³-hybridized carbons (Fsp3) is 0.383. The smallest absolute Gasteiger partial charge is 0.192 e. The maximum atomic E-state index is 2.59. The van der Waals surface area contributed by atoms with E-state index in [1.807, 2.05) is 0 Å². The molecule has 0 N–H and O–H groups in total. The standard InChI is InChI=1S/C47H56N/c1-11-13-27-46(9)42-26-21-35(32-41(42)43-16-14-15-28-48(43)47(46,10)12-2)38-30-36(33-17-22-39(23-18-33)44(3,4)5)29-37(31-38)34-19-24-40(25-20-34)45(6,7)8/h14-26,28-32H,11-13,27H2,1-10H3/q+1. The van der Waals surface area contributed by atoms with E-state index in [9.17, 15) is 0 Å². The van der Waals surface area contributed by atoms with Gasteiger partial charge in [0.2, 0.25) is 5.69 Å². The molecule has 4 aromatic carbocycles. The van der Waals surface area contributed by atoms with Gasteiger partial charge in [-0.05, 0) is 105 Å². The van der Waals surface area contributed by atoms with Crippen molar-refractivity contribution in [1.29, 1.82) is 0 Å². The van der Waals surface area contributed by atoms with Crippen LogP contribution < -0.4 is 4.57 Å². The van der Waals surface area contributed by atoms with E-state index in [2.05, 4.69) is 183 Å². The predicted molar refractivity (Wildman–Crippen MR) is 207 cm³/mol. The van der Waals surface area contributed by atoms with Gasteiger partial charge < -0.3 is 0 Å². The summed E-state index contributed by atoms with van der Waals surface area (Å²) >= 11 is 0. The first-order valence-electron chi connectivity index (χ1n) is 18.2. The van der Waals surface area contributed by atoms with E-state index in [1.54, 1.807) is 0 Å². The second-order valence-corrected chi connectivity index (χ2v) is 16.7. The first kappa shape index (κ1) is 33.9. The lowest BCUT2D eigenvalue weighted by molar-refractivity contribution is -0.765. The van der Waals surface area contributed by atoms with Gasteiger partial charge in [-0.1, -0.05) is 129 Å². The zero-order valence-corrected chi connectivity index (χ0v) is 31.2. The van der Waals surface area contributed by atoms with E-state index < -0.39 is 0 Å². The van der Waals surface area contributed by atoms with Crippen molar-refractivity contribution in [3.8, 4) is 44.6 Å². The van der Waals surface area contributed by atoms with E-state index in [0.717, 1.165) is 6.42 Å². The van der Waals surface area contributed by atoms with Crippen LogP contribution in [0.2, 0.25) is 0 Å². The third-order valence-electron chi connectivity index (χ3n) is 11.6. The zero-order valence-electron chi connectivity index (χ0n) is 31.2. The Bertz CT molecular complexity index is 1840. The molecule has 1 aliphatic heterocycles. The lowest BCUT2D eigenvalue weighted by atomic mass is 9.59. The van der Waals surface area contributed by atoms with Crippen LogP contribution in [0.4, 0.5) is 0 Å². The van der Waals surface area contributed by atoms with Crippen LogP contribution in [0, 0.1) is 0 Å². The maximum Gasteiger partial charge on any atom is 0.213 e. The molecule has 1 aromatic heterocycles. The molecule has 48 heavy (non-hydrogen) atoms. The Morgan fingerprint density at radius 2 is 1.06 bits per heavy atom. The van der Waals surface area contributed by atoms with Gasteiger partial charge in [-0.3, -0.25) is 0 Å². The summed E-state index contributed by atoms with van der Waals surface area (Å²) in [5, 5.41) is 0. The van der Waals surface area contributed by atoms with Crippen LogP contribution in [-0.4, -0.2) is 0 Å². The molecule has 248 valence electrons. The maximum absolute atomic E-state index is 2.59. The molecule has 2 unspecified atom stereocenters. The van der Waals surface area contributed by atoms with Gasteiger partial charge in [-0.2, -0.15) is 4.57 Å². The molecule has 1 nitrogen and oxygen atoms in total. The van der Waals surface area contributed by atoms with E-state index >= 15 is 0 Å². The summed E-state index contributed by atoms with van der Waals surface area (Å²) in [6.07, 6.45) is 7.02. The summed E-state index contributed by atoms with van der Waals surface area (Å²) in [5.74, 6) is 0. The largest absolute Gasteiger partial charge is 0.213 e. The molecule has 0 saturated carbocycles. The van der Waals surface area contributed by atoms with E-state index in [0.29, 0.717) is 0 Å². The predicted octanol–water partition coefficient (Wildman–Crippen LogP) is 12.8. The molecule has 0 saturated heterocycles. The SMILES string of the molecule is CCCCC1(C)c2ccc(-c3cc(-c4ccc(C(C)(C)C)cc4)cc(-c4ccc(C(C)(C)C)cc4)c3)cc2-c2cccc[n+]2C1(C)CC. The summed E-state index contributed by atoms with van der Waals surface area (Å²) in [6, 6.07) is 39.7. The summed E-state index contributed by atoms with van der Waals surface area (Å²) < 4.78 is 2.59. The molecule has 1 heteroatoms. The summed E-state index contributed by atoms with van der Waals surface area (Å²) in [6.45, 7) is 23.4. The number of hydrogen-bond acceptors (Lipinski definition) is 0. The average Bonchev–Trinajstić information content (AvgIpc) is 3.08. The zero-order chi connectivity index (χ0) is 34.5. The number of aromatic nitrogens is 1. The van der Waals surface area contributed by atoms with Crippen LogP contribution in [-0.2, 0) is 21.8 Å². The highest BCUT2D eigenvalue weighted by Crippen LogP contribution is 2.51. The van der Waals surface area contributed by atoms with Crippen molar-refractivity contribution < 1.29 is 4.57 Å². The highest BCUT2D eigenvalue weighted by molar-refractivity contribution is 5.83. The average molecular weight is 635 g/mol. The molecule has 0 spiro atoms. The molecular formula is C47H56N+. The molecule has 6 rings (SSSR count). The van der Waals surface area contributed by atoms with E-state index in [4.69, 9.17) is 0 Å². The van der Waals surface area contributed by atoms with Gasteiger partial charge in [-0.25, -0.2) is 0 Å². The summed E-state index contributed by atoms with van der Waals surface area (Å²) in [5.41, 5.74) is 14.7. The molecule has 0 radical (unpaired) electrons. The van der Waals surface area contributed by atoms with Gasteiger partial charge in [-0.15, -0.1) is 0 Å². The third kappa shape index (κ3) is 5.95. The van der Waals surface area contributed by atoms with E-state index in [-0.39, 0.29) is 21.8 Å². The van der Waals surface area contributed by atoms with Gasteiger partial charge in [0.05, 0.1) is 11.0 Å². The monoisotopic (exact) mass is 634 g/mol. The van der Waals surface area contributed by atoms with Crippen LogP contribution in [0.25, 0.3) is 44.6 Å². The Balaban J connectivity index is 1.54. The number of pyridine rings is 1. The summed E-state index contributed by atoms with van der Waals surface area (Å²) in [4.78, 5) is 0. The first-order chi connectivity index (χ1) is 22.7. The molecule has 0 bridgehead atoms. The quantitative estimate of drug-likeness (QED) is 0.157. The van der Waals surface area contributed by atoms with Gasteiger partial charge in [0, 0.05) is 25.5 Å². The summed E-state index contributed by atoms with van der Waals surface area (Å²) in [7, 11) is 0. The van der Waals surface area contributed by atoms with Crippen molar-refractivity contribution in [2.24, 2.45) is 0 Å². The minimum Gasteiger partial charge on any atom is -0.192 e. The number of rotatable bonds is 7. The van der Waals surface area contributed by atoms with Gasteiger partial charge in [0.1, 0.15) is 0 Å². The fourth-order valence-electron chi connectivity index (χ4n) is 8.01. The normalized spacial score (nSPS) is 19.1. The van der Waals surface area contributed by atoms with Crippen molar-refractivity contribution >= 4 is 0 Å². The number of unbranched alkanes of at least 4 members (excludes halogenated alkanes) is 1. The molecule has 1 aliphatic rings. The van der Waals surface area contributed by atoms with Crippen molar-refractivity contribution in [3.63, 3.8) is 0 Å². The Hall–Kier alpha value is -3.97. The van der Waals surface area contributed by atoms with Gasteiger partial charge in [0.15, 0.2) is 11.7 Å². The molecule has 0 fully saturated rings. The fourth-order valence-corrected chi connectivity index (χ4v) is 8.01. The number of nitrogens with zero attached hydrogens (tertiary/aromatic N) is 1. The van der Waals surface area contributed by atoms with Crippen LogP contribution in [0.15, 0.2) is 109 Å². The minimum absolute atomic E-state index is 0.00119. The highest BCUT2D eigenvalue weighted by atomic mass is 15.1. The number of hydrogen-bond donors (Lipinski definition) is 0. The third-order valence-corrected chi connectivity index (χ3v) is 11.6. The van der Waals surface area contributed by atoms with Crippen molar-refractivity contribution in [2.75, 3.05) is 0 Å². The van der Waals surface area contributed by atoms with Crippen molar-refractivity contribution in [2.45, 2.75) is 117 Å². The lowest BCUT2D eigenvalue weighted by Gasteiger charge is -2.46. The topological polar surface area (TPSA) is 3.88 Å². The number of benzene rings is 4. The number of fused-ring (bicyclic) bond motifs is 3. The second-order valence-electron chi connectivity index (χ2n) is 16.7. The molecule has 5 aromatic rings. The molecule has 0 amide bonds. The Kier molecular flexibility index (Phi) is 8.82. The van der Waals surface area contributed by atoms with Crippen LogP contribution >= 0.6 is 0 Å². The van der Waals surface area contributed by atoms with Crippen LogP contribution in [0.5, 0.6) is 0 Å².